The Labute approximate surface area is 191 Å². The maximum atomic E-state index is 13.4. The van der Waals surface area contributed by atoms with Gasteiger partial charge in [-0.15, -0.1) is 0 Å². The number of rotatable bonds is 8. The van der Waals surface area contributed by atoms with Gasteiger partial charge in [0.05, 0.1) is 17.6 Å². The van der Waals surface area contributed by atoms with Crippen LogP contribution in [-0.4, -0.2) is 38.1 Å². The van der Waals surface area contributed by atoms with Crippen molar-refractivity contribution in [2.45, 2.75) is 52.5 Å². The van der Waals surface area contributed by atoms with Crippen LogP contribution in [0.5, 0.6) is 0 Å². The van der Waals surface area contributed by atoms with E-state index < -0.39 is 11.9 Å². The lowest BCUT2D eigenvalue weighted by Crippen LogP contribution is -2.50. The Morgan fingerprint density at radius 1 is 1.09 bits per heavy atom. The second kappa shape index (κ2) is 8.46. The minimum Gasteiger partial charge on any atom is -0.364 e. The van der Waals surface area contributed by atoms with Crippen LogP contribution in [0.25, 0.3) is 11.3 Å². The van der Waals surface area contributed by atoms with E-state index in [0.717, 1.165) is 48.2 Å². The molecule has 0 saturated heterocycles. The smallest absolute Gasteiger partial charge is 0.276 e. The van der Waals surface area contributed by atoms with E-state index in [1.807, 2.05) is 32.2 Å². The van der Waals surface area contributed by atoms with Gasteiger partial charge in [-0.05, 0) is 87.1 Å². The summed E-state index contributed by atoms with van der Waals surface area (Å²) in [7, 11) is 0. The normalized spacial score (nSPS) is 16.6. The molecule has 2 aliphatic rings. The Bertz CT molecular complexity index is 1140. The number of pyridine rings is 1. The van der Waals surface area contributed by atoms with Crippen LogP contribution in [0.3, 0.4) is 0 Å². The maximum absolute atomic E-state index is 13.4. The highest BCUT2D eigenvalue weighted by atomic mass is 16.6. The monoisotopic (exact) mass is 448 g/mol. The first kappa shape index (κ1) is 21.4. The highest BCUT2D eigenvalue weighted by Crippen LogP contribution is 2.51. The molecule has 0 aromatic carbocycles. The van der Waals surface area contributed by atoms with Crippen molar-refractivity contribution in [1.29, 1.82) is 0 Å². The number of nitrogens with zero attached hydrogens (tertiary/aromatic N) is 3. The van der Waals surface area contributed by atoms with Gasteiger partial charge in [-0.2, -0.15) is 0 Å². The van der Waals surface area contributed by atoms with Crippen LogP contribution >= 0.6 is 0 Å². The molecule has 2 fully saturated rings. The number of hydrogen-bond acceptors (Lipinski definition) is 6. The van der Waals surface area contributed by atoms with Crippen LogP contribution in [0.4, 0.5) is 5.69 Å². The Hall–Kier alpha value is -3.49. The van der Waals surface area contributed by atoms with E-state index in [9.17, 15) is 9.59 Å². The first-order valence-corrected chi connectivity index (χ1v) is 11.4. The Kier molecular flexibility index (Phi) is 5.47. The van der Waals surface area contributed by atoms with E-state index in [1.54, 1.807) is 13.1 Å². The van der Waals surface area contributed by atoms with Crippen molar-refractivity contribution < 1.29 is 14.2 Å². The van der Waals surface area contributed by atoms with Crippen molar-refractivity contribution in [2.24, 2.45) is 17.8 Å². The van der Waals surface area contributed by atoms with Crippen LogP contribution in [0.1, 0.15) is 53.1 Å². The zero-order valence-corrected chi connectivity index (χ0v) is 19.0. The second-order valence-corrected chi connectivity index (χ2v) is 9.29. The molecule has 0 aliphatic heterocycles. The molecule has 3 aromatic rings. The number of aromatic nitrogens is 4. The Morgan fingerprint density at radius 3 is 2.33 bits per heavy atom. The molecule has 0 bridgehead atoms. The molecular weight excluding hydrogens is 420 g/mol. The average Bonchev–Trinajstić information content (AvgIpc) is 3.72. The van der Waals surface area contributed by atoms with Crippen LogP contribution in [-0.2, 0) is 4.79 Å². The summed E-state index contributed by atoms with van der Waals surface area (Å²) in [6.07, 6.45) is 7.99. The lowest BCUT2D eigenvalue weighted by atomic mass is 9.88. The van der Waals surface area contributed by atoms with E-state index in [1.165, 1.54) is 0 Å². The SMILES string of the molecule is Cc1c[nH]c(C)c1-c1ccc(NC(=O)[C@@H](NC(=O)c2nonc2C)C(C2CC2)C2CC2)cn1. The number of carbonyl (C=O) groups excluding carboxylic acids is 2. The topological polar surface area (TPSA) is 126 Å². The molecule has 0 unspecified atom stereocenters. The molecule has 2 saturated carbocycles. The summed E-state index contributed by atoms with van der Waals surface area (Å²) < 4.78 is 4.67. The molecule has 3 N–H and O–H groups in total. The summed E-state index contributed by atoms with van der Waals surface area (Å²) in [5, 5.41) is 13.3. The highest BCUT2D eigenvalue weighted by molar-refractivity contribution is 6.01. The third-order valence-electron chi connectivity index (χ3n) is 6.72. The van der Waals surface area contributed by atoms with Crippen molar-refractivity contribution >= 4 is 17.5 Å². The minimum absolute atomic E-state index is 0.112. The number of amides is 2. The Morgan fingerprint density at radius 2 is 1.82 bits per heavy atom. The third kappa shape index (κ3) is 4.40. The van der Waals surface area contributed by atoms with Crippen molar-refractivity contribution in [3.63, 3.8) is 0 Å². The van der Waals surface area contributed by atoms with Crippen molar-refractivity contribution in [3.8, 4) is 11.3 Å². The molecule has 9 nitrogen and oxygen atoms in total. The molecule has 9 heteroatoms. The second-order valence-electron chi connectivity index (χ2n) is 9.29. The number of anilines is 1. The molecule has 3 aromatic heterocycles. The van der Waals surface area contributed by atoms with Crippen molar-refractivity contribution in [1.82, 2.24) is 25.6 Å². The van der Waals surface area contributed by atoms with Gasteiger partial charge < -0.3 is 15.6 Å². The van der Waals surface area contributed by atoms with Gasteiger partial charge in [-0.25, -0.2) is 4.63 Å². The van der Waals surface area contributed by atoms with Gasteiger partial charge in [0.1, 0.15) is 11.7 Å². The largest absolute Gasteiger partial charge is 0.364 e. The standard InChI is InChI=1S/C24H28N6O3/c1-12-10-25-13(2)19(12)18-9-8-17(11-26-18)27-24(32)22(20(15-4-5-15)16-6-7-16)28-23(31)21-14(3)29-33-30-21/h8-11,15-16,20,22,25H,4-7H2,1-3H3,(H,27,32)(H,28,31)/t22-/m0/s1. The van der Waals surface area contributed by atoms with Crippen LogP contribution in [0, 0.1) is 38.5 Å². The van der Waals surface area contributed by atoms with E-state index in [-0.39, 0.29) is 17.5 Å². The molecule has 172 valence electrons. The summed E-state index contributed by atoms with van der Waals surface area (Å²) in [5.41, 5.74) is 5.19. The van der Waals surface area contributed by atoms with Gasteiger partial charge in [0, 0.05) is 17.5 Å². The zero-order chi connectivity index (χ0) is 23.1. The summed E-state index contributed by atoms with van der Waals surface area (Å²) in [6, 6.07) is 3.10. The fourth-order valence-electron chi connectivity index (χ4n) is 4.76. The van der Waals surface area contributed by atoms with Crippen LogP contribution < -0.4 is 10.6 Å². The lowest BCUT2D eigenvalue weighted by molar-refractivity contribution is -0.119. The zero-order valence-electron chi connectivity index (χ0n) is 19.0. The number of hydrogen-bond donors (Lipinski definition) is 3. The van der Waals surface area contributed by atoms with Crippen LogP contribution in [0.2, 0.25) is 0 Å². The molecule has 0 spiro atoms. The number of H-pyrrole nitrogens is 1. The number of aryl methyl sites for hydroxylation is 3. The van der Waals surface area contributed by atoms with Gasteiger partial charge in [0.15, 0.2) is 5.69 Å². The van der Waals surface area contributed by atoms with Crippen molar-refractivity contribution in [2.75, 3.05) is 5.32 Å². The molecule has 5 rings (SSSR count). The van der Waals surface area contributed by atoms with E-state index in [2.05, 4.69) is 35.5 Å². The maximum Gasteiger partial charge on any atom is 0.276 e. The molecule has 2 amide bonds. The molecule has 0 radical (unpaired) electrons. The number of nitrogens with one attached hydrogen (secondary N) is 3. The molecule has 1 atom stereocenters. The van der Waals surface area contributed by atoms with Gasteiger partial charge in [0.2, 0.25) is 5.91 Å². The highest BCUT2D eigenvalue weighted by Gasteiger charge is 2.48. The quantitative estimate of drug-likeness (QED) is 0.484. The first-order valence-electron chi connectivity index (χ1n) is 11.4. The lowest BCUT2D eigenvalue weighted by Gasteiger charge is -2.27. The summed E-state index contributed by atoms with van der Waals surface area (Å²) in [5.74, 6) is 0.374. The van der Waals surface area contributed by atoms with E-state index >= 15 is 0 Å². The minimum atomic E-state index is -0.651. The Balaban J connectivity index is 1.35. The third-order valence-corrected chi connectivity index (χ3v) is 6.72. The summed E-state index contributed by atoms with van der Waals surface area (Å²) >= 11 is 0. The van der Waals surface area contributed by atoms with Gasteiger partial charge >= 0.3 is 0 Å². The first-order chi connectivity index (χ1) is 15.9. The summed E-state index contributed by atoms with van der Waals surface area (Å²) in [4.78, 5) is 34.0. The van der Waals surface area contributed by atoms with Crippen LogP contribution in [0.15, 0.2) is 29.2 Å². The average molecular weight is 449 g/mol. The van der Waals surface area contributed by atoms with E-state index in [4.69, 9.17) is 0 Å². The van der Waals surface area contributed by atoms with Crippen molar-refractivity contribution in [3.05, 3.63) is 47.2 Å². The predicted molar refractivity (Wildman–Crippen MR) is 121 cm³/mol. The predicted octanol–water partition coefficient (Wildman–Crippen LogP) is 3.56. The van der Waals surface area contributed by atoms with Gasteiger partial charge in [-0.3, -0.25) is 14.6 Å². The molecule has 2 aliphatic carbocycles. The summed E-state index contributed by atoms with van der Waals surface area (Å²) in [6.45, 7) is 5.70. The molecule has 3 heterocycles. The molecular formula is C24H28N6O3. The molecule has 33 heavy (non-hydrogen) atoms. The van der Waals surface area contributed by atoms with E-state index in [0.29, 0.717) is 23.2 Å². The fourth-order valence-corrected chi connectivity index (χ4v) is 4.76. The number of aromatic amines is 1. The fraction of sp³-hybridized carbons (Fsp3) is 0.458. The van der Waals surface area contributed by atoms with Gasteiger partial charge in [-0.1, -0.05) is 5.16 Å². The number of carbonyl (C=O) groups is 2. The van der Waals surface area contributed by atoms with Gasteiger partial charge in [0.25, 0.3) is 5.91 Å².